The van der Waals surface area contributed by atoms with Crippen molar-refractivity contribution >= 4 is 23.5 Å². The molecule has 1 aromatic carbocycles. The molecule has 0 radical (unpaired) electrons. The lowest BCUT2D eigenvalue weighted by molar-refractivity contribution is -0.138. The molecule has 2 N–H and O–H groups in total. The summed E-state index contributed by atoms with van der Waals surface area (Å²) in [5.74, 6) is -1.89. The van der Waals surface area contributed by atoms with E-state index in [9.17, 15) is 14.4 Å². The topological polar surface area (TPSA) is 86.7 Å². The predicted molar refractivity (Wildman–Crippen MR) is 67.9 cm³/mol. The molecule has 1 unspecified atom stereocenters. The molecule has 2 rings (SSSR count). The first-order chi connectivity index (χ1) is 8.99. The highest BCUT2D eigenvalue weighted by molar-refractivity contribution is 6.04. The van der Waals surface area contributed by atoms with Gasteiger partial charge in [-0.1, -0.05) is 12.1 Å². The molecular formula is C13H14N2O4. The fraction of sp³-hybridized carbons (Fsp3) is 0.308. The molecule has 1 saturated heterocycles. The van der Waals surface area contributed by atoms with Crippen LogP contribution in [0.5, 0.6) is 0 Å². The number of hydrogen-bond acceptors (Lipinski definition) is 3. The molecule has 1 heterocycles. The summed E-state index contributed by atoms with van der Waals surface area (Å²) in [6, 6.07) is 6.64. The standard InChI is InChI=1S/C13H14N2O4/c1-8(13(18)19)9-2-4-10(5-3-9)15-7-11(16)14-6-12(15)17/h2-5,8H,6-7H2,1H3,(H,14,16)(H,18,19). The second kappa shape index (κ2) is 5.09. The number of anilines is 1. The maximum absolute atomic E-state index is 11.7. The van der Waals surface area contributed by atoms with E-state index >= 15 is 0 Å². The van der Waals surface area contributed by atoms with Crippen LogP contribution in [-0.2, 0) is 14.4 Å². The Bertz CT molecular complexity index is 524. The average Bonchev–Trinajstić information content (AvgIpc) is 2.41. The minimum Gasteiger partial charge on any atom is -0.481 e. The van der Waals surface area contributed by atoms with Crippen molar-refractivity contribution in [3.05, 3.63) is 29.8 Å². The Balaban J connectivity index is 2.20. The third-order valence-corrected chi connectivity index (χ3v) is 3.11. The van der Waals surface area contributed by atoms with Crippen molar-refractivity contribution in [3.63, 3.8) is 0 Å². The molecule has 1 atom stereocenters. The Hall–Kier alpha value is -2.37. The number of aliphatic carboxylic acids is 1. The summed E-state index contributed by atoms with van der Waals surface area (Å²) in [5.41, 5.74) is 1.26. The predicted octanol–water partition coefficient (Wildman–Crippen LogP) is 0.337. The number of benzene rings is 1. The van der Waals surface area contributed by atoms with Crippen LogP contribution in [0.25, 0.3) is 0 Å². The van der Waals surface area contributed by atoms with Crippen molar-refractivity contribution in [2.24, 2.45) is 0 Å². The van der Waals surface area contributed by atoms with E-state index in [-0.39, 0.29) is 24.9 Å². The molecule has 1 aromatic rings. The Labute approximate surface area is 110 Å². The van der Waals surface area contributed by atoms with Crippen LogP contribution in [-0.4, -0.2) is 36.0 Å². The number of carboxylic acid groups (broad SMARTS) is 1. The zero-order valence-corrected chi connectivity index (χ0v) is 10.4. The second-order valence-electron chi connectivity index (χ2n) is 4.41. The number of carboxylic acids is 1. The summed E-state index contributed by atoms with van der Waals surface area (Å²) < 4.78 is 0. The molecule has 0 spiro atoms. The van der Waals surface area contributed by atoms with Crippen molar-refractivity contribution < 1.29 is 19.5 Å². The first-order valence-corrected chi connectivity index (χ1v) is 5.89. The molecule has 6 nitrogen and oxygen atoms in total. The van der Waals surface area contributed by atoms with Gasteiger partial charge in [-0.2, -0.15) is 0 Å². The van der Waals surface area contributed by atoms with E-state index in [4.69, 9.17) is 5.11 Å². The van der Waals surface area contributed by atoms with Gasteiger partial charge in [0.1, 0.15) is 6.54 Å². The van der Waals surface area contributed by atoms with Gasteiger partial charge in [-0.3, -0.25) is 14.4 Å². The number of nitrogens with zero attached hydrogens (tertiary/aromatic N) is 1. The van der Waals surface area contributed by atoms with Crippen LogP contribution in [0.4, 0.5) is 5.69 Å². The molecule has 6 heteroatoms. The first kappa shape index (κ1) is 13.1. The molecule has 2 amide bonds. The van der Waals surface area contributed by atoms with Crippen molar-refractivity contribution in [2.75, 3.05) is 18.0 Å². The van der Waals surface area contributed by atoms with Gasteiger partial charge in [0.05, 0.1) is 12.5 Å². The summed E-state index contributed by atoms with van der Waals surface area (Å²) >= 11 is 0. The van der Waals surface area contributed by atoms with Crippen molar-refractivity contribution in [3.8, 4) is 0 Å². The van der Waals surface area contributed by atoms with E-state index < -0.39 is 11.9 Å². The third kappa shape index (κ3) is 2.73. The van der Waals surface area contributed by atoms with Crippen LogP contribution in [0, 0.1) is 0 Å². The molecule has 0 aromatic heterocycles. The molecule has 100 valence electrons. The summed E-state index contributed by atoms with van der Waals surface area (Å²) in [6.45, 7) is 1.58. The van der Waals surface area contributed by atoms with Gasteiger partial charge in [-0.05, 0) is 24.6 Å². The largest absolute Gasteiger partial charge is 0.481 e. The van der Waals surface area contributed by atoms with Crippen LogP contribution in [0.15, 0.2) is 24.3 Å². The van der Waals surface area contributed by atoms with E-state index in [0.717, 1.165) is 0 Å². The molecule has 0 saturated carbocycles. The second-order valence-corrected chi connectivity index (χ2v) is 4.41. The number of nitrogens with one attached hydrogen (secondary N) is 1. The van der Waals surface area contributed by atoms with Crippen molar-refractivity contribution in [1.29, 1.82) is 0 Å². The fourth-order valence-corrected chi connectivity index (χ4v) is 1.88. The monoisotopic (exact) mass is 262 g/mol. The highest BCUT2D eigenvalue weighted by Crippen LogP contribution is 2.21. The van der Waals surface area contributed by atoms with Gasteiger partial charge in [0.25, 0.3) is 0 Å². The molecule has 0 aliphatic carbocycles. The van der Waals surface area contributed by atoms with Crippen molar-refractivity contribution in [2.45, 2.75) is 12.8 Å². The number of hydrogen-bond donors (Lipinski definition) is 2. The lowest BCUT2D eigenvalue weighted by atomic mass is 10.0. The minimum absolute atomic E-state index is 0.00728. The van der Waals surface area contributed by atoms with E-state index in [1.54, 1.807) is 31.2 Å². The van der Waals surface area contributed by atoms with Crippen LogP contribution in [0.2, 0.25) is 0 Å². The number of carbonyl (C=O) groups is 3. The Morgan fingerprint density at radius 1 is 1.32 bits per heavy atom. The summed E-state index contributed by atoms with van der Waals surface area (Å²) in [5, 5.41) is 11.4. The first-order valence-electron chi connectivity index (χ1n) is 5.89. The summed E-state index contributed by atoms with van der Waals surface area (Å²) in [4.78, 5) is 35.2. The van der Waals surface area contributed by atoms with Crippen LogP contribution >= 0.6 is 0 Å². The number of amides is 2. The maximum Gasteiger partial charge on any atom is 0.310 e. The highest BCUT2D eigenvalue weighted by Gasteiger charge is 2.24. The van der Waals surface area contributed by atoms with E-state index in [1.807, 2.05) is 0 Å². The number of piperazine rings is 1. The molecule has 0 bridgehead atoms. The van der Waals surface area contributed by atoms with E-state index in [0.29, 0.717) is 11.3 Å². The van der Waals surface area contributed by atoms with E-state index in [1.165, 1.54) is 4.90 Å². The van der Waals surface area contributed by atoms with Gasteiger partial charge >= 0.3 is 5.97 Å². The van der Waals surface area contributed by atoms with Gasteiger partial charge in [0.2, 0.25) is 11.8 Å². The Morgan fingerprint density at radius 2 is 1.95 bits per heavy atom. The smallest absolute Gasteiger partial charge is 0.310 e. The zero-order valence-electron chi connectivity index (χ0n) is 10.4. The Kier molecular flexibility index (Phi) is 3.50. The van der Waals surface area contributed by atoms with Crippen LogP contribution in [0.3, 0.4) is 0 Å². The van der Waals surface area contributed by atoms with Gasteiger partial charge in [0.15, 0.2) is 0 Å². The molecule has 1 aliphatic rings. The number of rotatable bonds is 3. The zero-order chi connectivity index (χ0) is 14.0. The molecule has 19 heavy (non-hydrogen) atoms. The van der Waals surface area contributed by atoms with Gasteiger partial charge in [-0.25, -0.2) is 0 Å². The summed E-state index contributed by atoms with van der Waals surface area (Å²) in [6.07, 6.45) is 0. The normalized spacial score (nSPS) is 17.0. The molecule has 1 aliphatic heterocycles. The molecule has 1 fully saturated rings. The van der Waals surface area contributed by atoms with E-state index in [2.05, 4.69) is 5.32 Å². The Morgan fingerprint density at radius 3 is 2.53 bits per heavy atom. The third-order valence-electron chi connectivity index (χ3n) is 3.11. The SMILES string of the molecule is CC(C(=O)O)c1ccc(N2CC(=O)NCC2=O)cc1. The lowest BCUT2D eigenvalue weighted by Gasteiger charge is -2.26. The van der Waals surface area contributed by atoms with Gasteiger partial charge in [0, 0.05) is 5.69 Å². The summed E-state index contributed by atoms with van der Waals surface area (Å²) in [7, 11) is 0. The van der Waals surface area contributed by atoms with Crippen LogP contribution < -0.4 is 10.2 Å². The number of carbonyl (C=O) groups excluding carboxylic acids is 2. The maximum atomic E-state index is 11.7. The van der Waals surface area contributed by atoms with Gasteiger partial charge < -0.3 is 15.3 Å². The average molecular weight is 262 g/mol. The quantitative estimate of drug-likeness (QED) is 0.822. The van der Waals surface area contributed by atoms with Crippen LogP contribution in [0.1, 0.15) is 18.4 Å². The van der Waals surface area contributed by atoms with Gasteiger partial charge in [-0.15, -0.1) is 0 Å². The fourth-order valence-electron chi connectivity index (χ4n) is 1.88. The molecular weight excluding hydrogens is 248 g/mol. The lowest BCUT2D eigenvalue weighted by Crippen LogP contribution is -2.51. The van der Waals surface area contributed by atoms with Crippen molar-refractivity contribution in [1.82, 2.24) is 5.32 Å². The minimum atomic E-state index is -0.902. The highest BCUT2D eigenvalue weighted by atomic mass is 16.4.